The van der Waals surface area contributed by atoms with Gasteiger partial charge in [0.15, 0.2) is 0 Å². The van der Waals surface area contributed by atoms with Crippen molar-refractivity contribution >= 4 is 17.1 Å². The fraction of sp³-hybridized carbons (Fsp3) is 0.200. The molecule has 4 heteroatoms. The monoisotopic (exact) mass is 260 g/mol. The van der Waals surface area contributed by atoms with Crippen molar-refractivity contribution in [2.24, 2.45) is 0 Å². The van der Waals surface area contributed by atoms with E-state index in [1.165, 1.54) is 12.1 Å². The van der Waals surface area contributed by atoms with Crippen LogP contribution in [0.3, 0.4) is 0 Å². The molecule has 0 spiro atoms. The molecule has 0 heterocycles. The standard InChI is InChI=1S/C15H17FN2O/c1-3-19-13-7-5-12(6-8-13)18(2)15-9-4-11(16)10-14(15)17/h4-10H,3,17H2,1-2H3. The number of ether oxygens (including phenoxy) is 1. The maximum Gasteiger partial charge on any atom is 0.125 e. The Hall–Kier alpha value is -2.23. The minimum absolute atomic E-state index is 0.332. The minimum Gasteiger partial charge on any atom is -0.494 e. The smallest absolute Gasteiger partial charge is 0.125 e. The molecule has 0 atom stereocenters. The van der Waals surface area contributed by atoms with Gasteiger partial charge in [0, 0.05) is 12.7 Å². The van der Waals surface area contributed by atoms with Gasteiger partial charge in [0.2, 0.25) is 0 Å². The first-order chi connectivity index (χ1) is 9.11. The molecule has 100 valence electrons. The molecule has 0 saturated carbocycles. The Labute approximate surface area is 112 Å². The summed E-state index contributed by atoms with van der Waals surface area (Å²) in [5.74, 6) is 0.494. The van der Waals surface area contributed by atoms with E-state index in [9.17, 15) is 4.39 Å². The average molecular weight is 260 g/mol. The third kappa shape index (κ3) is 2.96. The molecule has 0 aromatic heterocycles. The molecule has 2 N–H and O–H groups in total. The largest absolute Gasteiger partial charge is 0.494 e. The van der Waals surface area contributed by atoms with Gasteiger partial charge in [-0.05, 0) is 49.4 Å². The number of anilines is 3. The lowest BCUT2D eigenvalue weighted by molar-refractivity contribution is 0.340. The zero-order chi connectivity index (χ0) is 13.8. The fourth-order valence-electron chi connectivity index (χ4n) is 1.90. The van der Waals surface area contributed by atoms with E-state index in [4.69, 9.17) is 10.5 Å². The molecule has 0 saturated heterocycles. The van der Waals surface area contributed by atoms with Crippen LogP contribution in [0.15, 0.2) is 42.5 Å². The fourth-order valence-corrected chi connectivity index (χ4v) is 1.90. The maximum absolute atomic E-state index is 13.0. The Morgan fingerprint density at radius 3 is 2.42 bits per heavy atom. The third-order valence-corrected chi connectivity index (χ3v) is 2.89. The van der Waals surface area contributed by atoms with E-state index < -0.39 is 0 Å². The second-order valence-electron chi connectivity index (χ2n) is 4.19. The van der Waals surface area contributed by atoms with Crippen LogP contribution in [0.1, 0.15) is 6.92 Å². The van der Waals surface area contributed by atoms with E-state index in [0.29, 0.717) is 12.3 Å². The van der Waals surface area contributed by atoms with Crippen LogP contribution in [0.25, 0.3) is 0 Å². The summed E-state index contributed by atoms with van der Waals surface area (Å²) in [5.41, 5.74) is 7.97. The predicted octanol–water partition coefficient (Wildman–Crippen LogP) is 3.57. The van der Waals surface area contributed by atoms with Crippen LogP contribution >= 0.6 is 0 Å². The van der Waals surface area contributed by atoms with Gasteiger partial charge in [-0.1, -0.05) is 0 Å². The van der Waals surface area contributed by atoms with Crippen molar-refractivity contribution < 1.29 is 9.13 Å². The first kappa shape index (κ1) is 13.2. The number of hydrogen-bond acceptors (Lipinski definition) is 3. The van der Waals surface area contributed by atoms with Crippen LogP contribution in [0.5, 0.6) is 5.75 Å². The summed E-state index contributed by atoms with van der Waals surface area (Å²) in [6.45, 7) is 2.58. The van der Waals surface area contributed by atoms with Crippen LogP contribution in [0, 0.1) is 5.82 Å². The maximum atomic E-state index is 13.0. The SMILES string of the molecule is CCOc1ccc(N(C)c2ccc(F)cc2N)cc1. The van der Waals surface area contributed by atoms with Gasteiger partial charge in [0.1, 0.15) is 11.6 Å². The average Bonchev–Trinajstić information content (AvgIpc) is 2.39. The zero-order valence-electron chi connectivity index (χ0n) is 11.1. The van der Waals surface area contributed by atoms with Crippen molar-refractivity contribution in [1.29, 1.82) is 0 Å². The number of benzene rings is 2. The van der Waals surface area contributed by atoms with Crippen LogP contribution in [0.2, 0.25) is 0 Å². The van der Waals surface area contributed by atoms with Crippen LogP contribution < -0.4 is 15.4 Å². The highest BCUT2D eigenvalue weighted by molar-refractivity contribution is 5.74. The molecule has 0 amide bonds. The van der Waals surface area contributed by atoms with E-state index in [-0.39, 0.29) is 5.82 Å². The molecular weight excluding hydrogens is 243 g/mol. The molecule has 0 radical (unpaired) electrons. The molecule has 0 fully saturated rings. The normalized spacial score (nSPS) is 10.3. The van der Waals surface area contributed by atoms with Crippen molar-refractivity contribution in [2.45, 2.75) is 6.92 Å². The van der Waals surface area contributed by atoms with E-state index in [2.05, 4.69) is 0 Å². The Balaban J connectivity index is 2.25. The number of halogens is 1. The topological polar surface area (TPSA) is 38.5 Å². The quantitative estimate of drug-likeness (QED) is 0.854. The molecule has 2 aromatic rings. The van der Waals surface area contributed by atoms with Crippen molar-refractivity contribution in [3.8, 4) is 5.75 Å². The lowest BCUT2D eigenvalue weighted by Gasteiger charge is -2.21. The van der Waals surface area contributed by atoms with Gasteiger partial charge in [-0.25, -0.2) is 4.39 Å². The molecule has 2 rings (SSSR count). The van der Waals surface area contributed by atoms with Crippen LogP contribution in [-0.2, 0) is 0 Å². The Kier molecular flexibility index (Phi) is 3.90. The van der Waals surface area contributed by atoms with E-state index in [0.717, 1.165) is 17.1 Å². The summed E-state index contributed by atoms with van der Waals surface area (Å²) in [6.07, 6.45) is 0. The Bertz CT molecular complexity index is 555. The first-order valence-corrected chi connectivity index (χ1v) is 6.13. The number of hydrogen-bond donors (Lipinski definition) is 1. The van der Waals surface area contributed by atoms with E-state index >= 15 is 0 Å². The minimum atomic E-state index is -0.332. The van der Waals surface area contributed by atoms with Gasteiger partial charge >= 0.3 is 0 Å². The van der Waals surface area contributed by atoms with Crippen LogP contribution in [-0.4, -0.2) is 13.7 Å². The molecule has 0 aliphatic heterocycles. The van der Waals surface area contributed by atoms with E-state index in [1.54, 1.807) is 6.07 Å². The second-order valence-corrected chi connectivity index (χ2v) is 4.19. The summed E-state index contributed by atoms with van der Waals surface area (Å²) < 4.78 is 18.4. The summed E-state index contributed by atoms with van der Waals surface area (Å²) in [7, 11) is 1.89. The number of nitrogen functional groups attached to an aromatic ring is 1. The third-order valence-electron chi connectivity index (χ3n) is 2.89. The summed E-state index contributed by atoms with van der Waals surface area (Å²) >= 11 is 0. The number of rotatable bonds is 4. The van der Waals surface area contributed by atoms with Crippen molar-refractivity contribution in [2.75, 3.05) is 24.3 Å². The summed E-state index contributed by atoms with van der Waals surface area (Å²) in [5, 5.41) is 0. The Morgan fingerprint density at radius 2 is 1.84 bits per heavy atom. The van der Waals surface area contributed by atoms with Crippen LogP contribution in [0.4, 0.5) is 21.5 Å². The van der Waals surface area contributed by atoms with E-state index in [1.807, 2.05) is 43.1 Å². The van der Waals surface area contributed by atoms with Crippen molar-refractivity contribution in [3.63, 3.8) is 0 Å². The number of nitrogens with zero attached hydrogens (tertiary/aromatic N) is 1. The molecule has 0 bridgehead atoms. The van der Waals surface area contributed by atoms with Gasteiger partial charge < -0.3 is 15.4 Å². The molecule has 3 nitrogen and oxygen atoms in total. The first-order valence-electron chi connectivity index (χ1n) is 6.13. The molecule has 0 aliphatic rings. The molecule has 2 aromatic carbocycles. The zero-order valence-corrected chi connectivity index (χ0v) is 11.1. The lowest BCUT2D eigenvalue weighted by Crippen LogP contribution is -2.11. The predicted molar refractivity (Wildman–Crippen MR) is 76.5 cm³/mol. The molecule has 0 aliphatic carbocycles. The van der Waals surface area contributed by atoms with Crippen molar-refractivity contribution in [1.82, 2.24) is 0 Å². The summed E-state index contributed by atoms with van der Waals surface area (Å²) in [6, 6.07) is 12.1. The highest BCUT2D eigenvalue weighted by atomic mass is 19.1. The molecule has 19 heavy (non-hydrogen) atoms. The highest BCUT2D eigenvalue weighted by Crippen LogP contribution is 2.30. The van der Waals surface area contributed by atoms with Gasteiger partial charge in [0.05, 0.1) is 18.0 Å². The van der Waals surface area contributed by atoms with Gasteiger partial charge in [-0.15, -0.1) is 0 Å². The molecular formula is C15H17FN2O. The highest BCUT2D eigenvalue weighted by Gasteiger charge is 2.08. The molecule has 0 unspecified atom stereocenters. The van der Waals surface area contributed by atoms with Gasteiger partial charge in [-0.3, -0.25) is 0 Å². The second kappa shape index (κ2) is 5.61. The van der Waals surface area contributed by atoms with Gasteiger partial charge in [0.25, 0.3) is 0 Å². The van der Waals surface area contributed by atoms with Gasteiger partial charge in [-0.2, -0.15) is 0 Å². The number of nitrogens with two attached hydrogens (primary N) is 1. The lowest BCUT2D eigenvalue weighted by atomic mass is 10.2. The van der Waals surface area contributed by atoms with Crippen molar-refractivity contribution in [3.05, 3.63) is 48.3 Å². The Morgan fingerprint density at radius 1 is 1.16 bits per heavy atom. The summed E-state index contributed by atoms with van der Waals surface area (Å²) in [4.78, 5) is 1.91.